The molecular formula is C23H30N2O4. The van der Waals surface area contributed by atoms with E-state index in [0.29, 0.717) is 11.5 Å². The molecule has 0 bridgehead atoms. The number of rotatable bonds is 8. The van der Waals surface area contributed by atoms with Crippen LogP contribution in [0.4, 0.5) is 4.79 Å². The van der Waals surface area contributed by atoms with Crippen LogP contribution in [0.3, 0.4) is 0 Å². The Bertz CT molecular complexity index is 796. The summed E-state index contributed by atoms with van der Waals surface area (Å²) in [5.41, 5.74) is 0.858. The first-order chi connectivity index (χ1) is 13.6. The average Bonchev–Trinajstić information content (AvgIpc) is 2.67. The highest BCUT2D eigenvalue weighted by atomic mass is 16.6. The molecule has 0 aliphatic carbocycles. The molecule has 0 aliphatic rings. The van der Waals surface area contributed by atoms with Crippen molar-refractivity contribution in [3.8, 4) is 11.8 Å². The van der Waals surface area contributed by atoms with Gasteiger partial charge in [0.25, 0.3) is 0 Å². The number of methoxy groups -OCH3 is 2. The van der Waals surface area contributed by atoms with Gasteiger partial charge in [0.05, 0.1) is 32.2 Å². The summed E-state index contributed by atoms with van der Waals surface area (Å²) in [5, 5.41) is 12.7. The minimum Gasteiger partial charge on any atom is -0.497 e. The van der Waals surface area contributed by atoms with Crippen LogP contribution in [-0.2, 0) is 9.47 Å². The molecule has 0 saturated heterocycles. The summed E-state index contributed by atoms with van der Waals surface area (Å²) in [5.74, 6) is 0.624. The monoisotopic (exact) mass is 398 g/mol. The zero-order chi connectivity index (χ0) is 22.0. The van der Waals surface area contributed by atoms with Crippen LogP contribution in [0, 0.1) is 11.3 Å². The van der Waals surface area contributed by atoms with Gasteiger partial charge in [-0.15, -0.1) is 0 Å². The number of nitriles is 1. The molecule has 2 atom stereocenters. The van der Waals surface area contributed by atoms with Gasteiger partial charge >= 0.3 is 6.09 Å². The second-order valence-corrected chi connectivity index (χ2v) is 7.39. The van der Waals surface area contributed by atoms with E-state index in [2.05, 4.69) is 18.0 Å². The first-order valence-corrected chi connectivity index (χ1v) is 9.23. The second-order valence-electron chi connectivity index (χ2n) is 7.39. The lowest BCUT2D eigenvalue weighted by atomic mass is 9.88. The van der Waals surface area contributed by atoms with E-state index >= 15 is 0 Å². The Morgan fingerprint density at radius 1 is 1.21 bits per heavy atom. The standard InChI is InChI=1S/C23H30N2O4/c1-8-18(27-6)12-9-16(2)21(25-22(26)29-23(3,4)5)20(15-24)17-10-13-19(28-7)14-11-17/h8-14,20-21H,1H2,2-7H3,(H,25,26)/b16-9+,18-12+/t20-,21-/m0/s1. The molecule has 1 rings (SSSR count). The largest absolute Gasteiger partial charge is 0.497 e. The Balaban J connectivity index is 3.30. The van der Waals surface area contributed by atoms with E-state index in [0.717, 1.165) is 11.1 Å². The summed E-state index contributed by atoms with van der Waals surface area (Å²) < 4.78 is 15.8. The van der Waals surface area contributed by atoms with Crippen molar-refractivity contribution in [2.45, 2.75) is 45.3 Å². The van der Waals surface area contributed by atoms with Crippen molar-refractivity contribution in [1.29, 1.82) is 5.26 Å². The fourth-order valence-electron chi connectivity index (χ4n) is 2.58. The molecule has 0 unspecified atom stereocenters. The van der Waals surface area contributed by atoms with E-state index in [1.165, 1.54) is 0 Å². The molecule has 0 aliphatic heterocycles. The van der Waals surface area contributed by atoms with Crippen LogP contribution in [0.1, 0.15) is 39.2 Å². The molecule has 0 saturated carbocycles. The normalized spacial score (nSPS) is 14.2. The number of ether oxygens (including phenoxy) is 3. The highest BCUT2D eigenvalue weighted by molar-refractivity contribution is 5.69. The maximum absolute atomic E-state index is 12.4. The molecule has 0 spiro atoms. The van der Waals surface area contributed by atoms with Gasteiger partial charge in [0.2, 0.25) is 0 Å². The van der Waals surface area contributed by atoms with Crippen molar-refractivity contribution in [2.24, 2.45) is 0 Å². The first-order valence-electron chi connectivity index (χ1n) is 9.23. The number of alkyl carbamates (subject to hydrolysis) is 1. The van der Waals surface area contributed by atoms with Gasteiger partial charge in [-0.1, -0.05) is 24.8 Å². The number of benzene rings is 1. The molecule has 6 heteroatoms. The summed E-state index contributed by atoms with van der Waals surface area (Å²) in [6.07, 6.45) is 4.50. The number of amides is 1. The number of hydrogen-bond acceptors (Lipinski definition) is 5. The Hall–Kier alpha value is -3.20. The van der Waals surface area contributed by atoms with Crippen LogP contribution in [0.2, 0.25) is 0 Å². The highest BCUT2D eigenvalue weighted by Gasteiger charge is 2.28. The zero-order valence-electron chi connectivity index (χ0n) is 18.0. The first kappa shape index (κ1) is 23.8. The SMILES string of the molecule is C=C/C(=C\C=C(/C)[C@H](NC(=O)OC(C)(C)C)[C@@H](C#N)c1ccc(OC)cc1)OC. The average molecular weight is 399 g/mol. The predicted octanol–water partition coefficient (Wildman–Crippen LogP) is 4.86. The van der Waals surface area contributed by atoms with Gasteiger partial charge in [0.15, 0.2) is 0 Å². The van der Waals surface area contributed by atoms with Crippen LogP contribution in [0.5, 0.6) is 5.75 Å². The van der Waals surface area contributed by atoms with Crippen LogP contribution < -0.4 is 10.1 Å². The molecule has 1 N–H and O–H groups in total. The fraction of sp³-hybridized carbons (Fsp3) is 0.391. The van der Waals surface area contributed by atoms with Gasteiger partial charge in [0.1, 0.15) is 17.1 Å². The van der Waals surface area contributed by atoms with Crippen molar-refractivity contribution >= 4 is 6.09 Å². The minimum atomic E-state index is -0.652. The van der Waals surface area contributed by atoms with Crippen LogP contribution in [-0.4, -0.2) is 32.0 Å². The van der Waals surface area contributed by atoms with Crippen molar-refractivity contribution in [1.82, 2.24) is 5.32 Å². The van der Waals surface area contributed by atoms with Gasteiger partial charge in [-0.3, -0.25) is 0 Å². The lowest BCUT2D eigenvalue weighted by molar-refractivity contribution is 0.0509. The van der Waals surface area contributed by atoms with Crippen molar-refractivity contribution < 1.29 is 19.0 Å². The molecule has 6 nitrogen and oxygen atoms in total. The van der Waals surface area contributed by atoms with E-state index < -0.39 is 23.7 Å². The summed E-state index contributed by atoms with van der Waals surface area (Å²) in [6.45, 7) is 10.9. The Kier molecular flexibility index (Phi) is 9.01. The Labute approximate surface area is 173 Å². The summed E-state index contributed by atoms with van der Waals surface area (Å²) in [4.78, 5) is 12.4. The Morgan fingerprint density at radius 3 is 2.28 bits per heavy atom. The third kappa shape index (κ3) is 7.74. The molecule has 156 valence electrons. The molecule has 0 heterocycles. The molecule has 1 aromatic carbocycles. The minimum absolute atomic E-state index is 0.568. The third-order valence-electron chi connectivity index (χ3n) is 4.06. The van der Waals surface area contributed by atoms with Gasteiger partial charge < -0.3 is 19.5 Å². The smallest absolute Gasteiger partial charge is 0.408 e. The van der Waals surface area contributed by atoms with Crippen LogP contribution in [0.25, 0.3) is 0 Å². The molecule has 1 amide bonds. The van der Waals surface area contributed by atoms with Crippen LogP contribution in [0.15, 0.2) is 60.4 Å². The summed E-state index contributed by atoms with van der Waals surface area (Å²) in [7, 11) is 3.12. The van der Waals surface area contributed by atoms with Gasteiger partial charge in [0, 0.05) is 0 Å². The Morgan fingerprint density at radius 2 is 1.83 bits per heavy atom. The number of nitrogens with one attached hydrogen (secondary N) is 1. The molecule has 0 aromatic heterocycles. The maximum Gasteiger partial charge on any atom is 0.408 e. The number of carbonyl (C=O) groups excluding carboxylic acids is 1. The van der Waals surface area contributed by atoms with E-state index in [1.807, 2.05) is 19.1 Å². The second kappa shape index (κ2) is 11.0. The zero-order valence-corrected chi connectivity index (χ0v) is 18.0. The van der Waals surface area contributed by atoms with Gasteiger partial charge in [-0.2, -0.15) is 5.26 Å². The highest BCUT2D eigenvalue weighted by Crippen LogP contribution is 2.26. The molecular weight excluding hydrogens is 368 g/mol. The lowest BCUT2D eigenvalue weighted by Crippen LogP contribution is -2.42. The van der Waals surface area contributed by atoms with Gasteiger partial charge in [-0.05, 0) is 63.1 Å². The summed E-state index contributed by atoms with van der Waals surface area (Å²) >= 11 is 0. The summed E-state index contributed by atoms with van der Waals surface area (Å²) in [6, 6.07) is 8.87. The number of carbonyl (C=O) groups is 1. The third-order valence-corrected chi connectivity index (χ3v) is 4.06. The predicted molar refractivity (Wildman–Crippen MR) is 114 cm³/mol. The quantitative estimate of drug-likeness (QED) is 0.500. The van der Waals surface area contributed by atoms with Gasteiger partial charge in [-0.25, -0.2) is 4.79 Å². The molecule has 1 aromatic rings. The molecule has 0 fully saturated rings. The van der Waals surface area contributed by atoms with Crippen LogP contribution >= 0.6 is 0 Å². The van der Waals surface area contributed by atoms with E-state index in [-0.39, 0.29) is 0 Å². The molecule has 29 heavy (non-hydrogen) atoms. The maximum atomic E-state index is 12.4. The van der Waals surface area contributed by atoms with Crippen molar-refractivity contribution in [3.63, 3.8) is 0 Å². The van der Waals surface area contributed by atoms with Crippen molar-refractivity contribution in [3.05, 3.63) is 66.0 Å². The topological polar surface area (TPSA) is 80.6 Å². The number of nitrogens with zero attached hydrogens (tertiary/aromatic N) is 1. The lowest BCUT2D eigenvalue weighted by Gasteiger charge is -2.27. The number of allylic oxidation sites excluding steroid dienone is 3. The van der Waals surface area contributed by atoms with E-state index in [9.17, 15) is 10.1 Å². The van der Waals surface area contributed by atoms with E-state index in [4.69, 9.17) is 14.2 Å². The number of hydrogen-bond donors (Lipinski definition) is 1. The van der Waals surface area contributed by atoms with Crippen molar-refractivity contribution in [2.75, 3.05) is 14.2 Å². The molecule has 0 radical (unpaired) electrons. The fourth-order valence-corrected chi connectivity index (χ4v) is 2.58. The van der Waals surface area contributed by atoms with E-state index in [1.54, 1.807) is 65.4 Å².